The van der Waals surface area contributed by atoms with Crippen molar-refractivity contribution in [1.82, 2.24) is 0 Å². The third-order valence-corrected chi connectivity index (χ3v) is 4.18. The number of hydrogen-bond donors (Lipinski definition) is 2. The monoisotopic (exact) mass is 404 g/mol. The summed E-state index contributed by atoms with van der Waals surface area (Å²) in [4.78, 5) is 25.0. The normalized spacial score (nSPS) is 10.9. The fraction of sp³-hybridized carbons (Fsp3) is 0.167. The second-order valence-electron chi connectivity index (χ2n) is 7.71. The summed E-state index contributed by atoms with van der Waals surface area (Å²) in [5.41, 5.74) is 2.63. The molecule has 0 bridgehead atoms. The van der Waals surface area contributed by atoms with E-state index < -0.39 is 11.7 Å². The van der Waals surface area contributed by atoms with Gasteiger partial charge in [-0.25, -0.2) is 4.79 Å². The van der Waals surface area contributed by atoms with Crippen LogP contribution in [0.25, 0.3) is 0 Å². The molecule has 3 rings (SSSR count). The lowest BCUT2D eigenvalue weighted by molar-refractivity contribution is 0.0636. The number of nitrogens with zero attached hydrogens (tertiary/aromatic N) is 1. The maximum Gasteiger partial charge on any atom is 0.412 e. The molecule has 3 aromatic carbocycles. The SMILES string of the molecule is CC(C)(C)OC(=O)Nc1ccc(N(c2ccccc2)c2ccc(C=O)c(O)c2)cc1. The summed E-state index contributed by atoms with van der Waals surface area (Å²) >= 11 is 0. The molecule has 0 aliphatic rings. The second-order valence-corrected chi connectivity index (χ2v) is 7.71. The zero-order valence-electron chi connectivity index (χ0n) is 17.1. The van der Waals surface area contributed by atoms with Crippen LogP contribution in [-0.2, 0) is 4.74 Å². The van der Waals surface area contributed by atoms with E-state index in [0.717, 1.165) is 11.4 Å². The van der Waals surface area contributed by atoms with Gasteiger partial charge in [-0.3, -0.25) is 10.1 Å². The predicted molar refractivity (Wildman–Crippen MR) is 118 cm³/mol. The van der Waals surface area contributed by atoms with Crippen LogP contribution in [-0.4, -0.2) is 23.1 Å². The Balaban J connectivity index is 1.92. The predicted octanol–water partition coefficient (Wildman–Crippen LogP) is 6.02. The van der Waals surface area contributed by atoms with Gasteiger partial charge in [-0.15, -0.1) is 0 Å². The smallest absolute Gasteiger partial charge is 0.412 e. The van der Waals surface area contributed by atoms with Gasteiger partial charge in [-0.05, 0) is 69.3 Å². The molecular weight excluding hydrogens is 380 g/mol. The Morgan fingerprint density at radius 2 is 1.53 bits per heavy atom. The first-order chi connectivity index (χ1) is 14.3. The van der Waals surface area contributed by atoms with E-state index in [9.17, 15) is 14.7 Å². The van der Waals surface area contributed by atoms with Crippen LogP contribution in [0.1, 0.15) is 31.1 Å². The summed E-state index contributed by atoms with van der Waals surface area (Å²) in [7, 11) is 0. The van der Waals surface area contributed by atoms with E-state index >= 15 is 0 Å². The Labute approximate surface area is 175 Å². The number of anilines is 4. The van der Waals surface area contributed by atoms with Crippen molar-refractivity contribution < 1.29 is 19.4 Å². The van der Waals surface area contributed by atoms with Gasteiger partial charge in [0.25, 0.3) is 0 Å². The molecular formula is C24H24N2O4. The molecule has 3 aromatic rings. The molecule has 0 spiro atoms. The molecule has 0 saturated carbocycles. The molecule has 6 heteroatoms. The summed E-state index contributed by atoms with van der Waals surface area (Å²) in [5.74, 6) is -0.0911. The average molecular weight is 404 g/mol. The van der Waals surface area contributed by atoms with Gasteiger partial charge in [-0.2, -0.15) is 0 Å². The molecule has 6 nitrogen and oxygen atoms in total. The molecule has 0 fully saturated rings. The van der Waals surface area contributed by atoms with Crippen LogP contribution in [0, 0.1) is 0 Å². The van der Waals surface area contributed by atoms with Crippen LogP contribution in [0.4, 0.5) is 27.5 Å². The molecule has 154 valence electrons. The van der Waals surface area contributed by atoms with E-state index in [1.807, 2.05) is 47.4 Å². The van der Waals surface area contributed by atoms with Crippen molar-refractivity contribution in [1.29, 1.82) is 0 Å². The highest BCUT2D eigenvalue weighted by molar-refractivity contribution is 5.86. The first-order valence-electron chi connectivity index (χ1n) is 9.50. The maximum absolute atomic E-state index is 12.0. The molecule has 0 atom stereocenters. The number of nitrogens with one attached hydrogen (secondary N) is 1. The summed E-state index contributed by atoms with van der Waals surface area (Å²) in [6.07, 6.45) is 0.0906. The number of carbonyl (C=O) groups is 2. The fourth-order valence-corrected chi connectivity index (χ4v) is 2.91. The number of benzene rings is 3. The Kier molecular flexibility index (Phi) is 6.06. The van der Waals surface area contributed by atoms with Crippen molar-refractivity contribution in [2.75, 3.05) is 10.2 Å². The topological polar surface area (TPSA) is 78.9 Å². The molecule has 0 unspecified atom stereocenters. The lowest BCUT2D eigenvalue weighted by Gasteiger charge is -2.26. The highest BCUT2D eigenvalue weighted by atomic mass is 16.6. The van der Waals surface area contributed by atoms with Crippen LogP contribution < -0.4 is 10.2 Å². The number of amides is 1. The van der Waals surface area contributed by atoms with Gasteiger partial charge in [0.15, 0.2) is 6.29 Å². The Morgan fingerprint density at radius 3 is 2.10 bits per heavy atom. The molecule has 0 aliphatic heterocycles. The summed E-state index contributed by atoms with van der Waals surface area (Å²) in [6.45, 7) is 5.41. The van der Waals surface area contributed by atoms with E-state index in [-0.39, 0.29) is 11.3 Å². The highest BCUT2D eigenvalue weighted by Crippen LogP contribution is 2.36. The first kappa shape index (κ1) is 20.9. The molecule has 0 aromatic heterocycles. The van der Waals surface area contributed by atoms with E-state index in [2.05, 4.69) is 5.32 Å². The number of para-hydroxylation sites is 1. The minimum Gasteiger partial charge on any atom is -0.507 e. The van der Waals surface area contributed by atoms with Crippen molar-refractivity contribution in [3.05, 3.63) is 78.4 Å². The van der Waals surface area contributed by atoms with Gasteiger partial charge in [0.2, 0.25) is 0 Å². The van der Waals surface area contributed by atoms with E-state index in [1.165, 1.54) is 0 Å². The van der Waals surface area contributed by atoms with Gasteiger partial charge in [0.05, 0.1) is 5.56 Å². The van der Waals surface area contributed by atoms with Crippen LogP contribution in [0.3, 0.4) is 0 Å². The Morgan fingerprint density at radius 1 is 0.933 bits per heavy atom. The zero-order valence-corrected chi connectivity index (χ0v) is 17.1. The second kappa shape index (κ2) is 8.69. The van der Waals surface area contributed by atoms with Gasteiger partial charge in [0.1, 0.15) is 11.4 Å². The minimum absolute atomic E-state index is 0.0911. The number of hydrogen-bond acceptors (Lipinski definition) is 5. The zero-order chi connectivity index (χ0) is 21.7. The number of phenols is 1. The van der Waals surface area contributed by atoms with Gasteiger partial charge < -0.3 is 14.7 Å². The van der Waals surface area contributed by atoms with Crippen molar-refractivity contribution in [3.8, 4) is 5.75 Å². The molecule has 0 radical (unpaired) electrons. The number of ether oxygens (including phenoxy) is 1. The van der Waals surface area contributed by atoms with Gasteiger partial charge in [-0.1, -0.05) is 18.2 Å². The van der Waals surface area contributed by atoms with E-state index in [0.29, 0.717) is 17.7 Å². The van der Waals surface area contributed by atoms with Crippen LogP contribution in [0.5, 0.6) is 5.75 Å². The Hall–Kier alpha value is -3.80. The Bertz CT molecular complexity index is 1030. The van der Waals surface area contributed by atoms with Crippen molar-refractivity contribution in [2.24, 2.45) is 0 Å². The lowest BCUT2D eigenvalue weighted by atomic mass is 10.1. The molecule has 2 N–H and O–H groups in total. The third kappa shape index (κ3) is 5.17. The quantitative estimate of drug-likeness (QED) is 0.508. The van der Waals surface area contributed by atoms with Gasteiger partial charge in [0, 0.05) is 28.8 Å². The van der Waals surface area contributed by atoms with Crippen molar-refractivity contribution in [2.45, 2.75) is 26.4 Å². The molecule has 0 saturated heterocycles. The van der Waals surface area contributed by atoms with E-state index in [4.69, 9.17) is 4.74 Å². The fourth-order valence-electron chi connectivity index (χ4n) is 2.91. The minimum atomic E-state index is -0.580. The third-order valence-electron chi connectivity index (χ3n) is 4.18. The number of rotatable bonds is 5. The first-order valence-corrected chi connectivity index (χ1v) is 9.50. The number of carbonyl (C=O) groups excluding carboxylic acids is 2. The largest absolute Gasteiger partial charge is 0.507 e. The lowest BCUT2D eigenvalue weighted by Crippen LogP contribution is -2.27. The molecule has 0 aliphatic carbocycles. The highest BCUT2D eigenvalue weighted by Gasteiger charge is 2.17. The number of phenolic OH excluding ortho intramolecular Hbond substituents is 1. The van der Waals surface area contributed by atoms with E-state index in [1.54, 1.807) is 51.1 Å². The molecule has 0 heterocycles. The van der Waals surface area contributed by atoms with Crippen molar-refractivity contribution >= 4 is 35.1 Å². The van der Waals surface area contributed by atoms with Crippen LogP contribution in [0.2, 0.25) is 0 Å². The molecule has 1 amide bonds. The standard InChI is InChI=1S/C24H24N2O4/c1-24(2,3)30-23(29)25-18-10-13-20(14-11-18)26(19-7-5-4-6-8-19)21-12-9-17(16-27)22(28)15-21/h4-16,28H,1-3H3,(H,25,29). The number of aromatic hydroxyl groups is 1. The summed E-state index contributed by atoms with van der Waals surface area (Å²) in [6, 6.07) is 21.8. The van der Waals surface area contributed by atoms with Crippen LogP contribution >= 0.6 is 0 Å². The summed E-state index contributed by atoms with van der Waals surface area (Å²) in [5, 5.41) is 12.9. The average Bonchev–Trinajstić information content (AvgIpc) is 2.69. The summed E-state index contributed by atoms with van der Waals surface area (Å²) < 4.78 is 5.28. The number of aldehydes is 1. The van der Waals surface area contributed by atoms with Gasteiger partial charge >= 0.3 is 6.09 Å². The molecule has 30 heavy (non-hydrogen) atoms. The maximum atomic E-state index is 12.0. The van der Waals surface area contributed by atoms with Crippen LogP contribution in [0.15, 0.2) is 72.8 Å². The van der Waals surface area contributed by atoms with Crippen molar-refractivity contribution in [3.63, 3.8) is 0 Å².